The second-order valence-electron chi connectivity index (χ2n) is 18.5. The van der Waals surface area contributed by atoms with E-state index < -0.39 is 0 Å². The first-order chi connectivity index (χ1) is 35.7. The number of hydrogen-bond donors (Lipinski definition) is 0. The Morgan fingerprint density at radius 1 is 0.222 bits per heavy atom. The van der Waals surface area contributed by atoms with Crippen molar-refractivity contribution in [2.24, 2.45) is 0 Å². The maximum absolute atomic E-state index is 2.46. The molecule has 0 unspecified atom stereocenters. The number of para-hydroxylation sites is 2. The smallest absolute Gasteiger partial charge is 0.0541 e. The molecule has 13 rings (SSSR count). The van der Waals surface area contributed by atoms with Crippen LogP contribution < -0.4 is 4.90 Å². The molecule has 13 aromatic rings. The van der Waals surface area contributed by atoms with E-state index in [4.69, 9.17) is 0 Å². The molecule has 0 saturated carbocycles. The fourth-order valence-corrected chi connectivity index (χ4v) is 10.6. The van der Waals surface area contributed by atoms with E-state index in [9.17, 15) is 0 Å². The Morgan fingerprint density at radius 2 is 0.653 bits per heavy atom. The van der Waals surface area contributed by atoms with Gasteiger partial charge in [0.1, 0.15) is 0 Å². The molecule has 0 amide bonds. The van der Waals surface area contributed by atoms with E-state index in [0.717, 1.165) is 33.8 Å². The molecule has 0 fully saturated rings. The minimum absolute atomic E-state index is 1.09. The lowest BCUT2D eigenvalue weighted by Crippen LogP contribution is -2.09. The second-order valence-corrected chi connectivity index (χ2v) is 18.5. The molecule has 0 atom stereocenters. The van der Waals surface area contributed by atoms with Gasteiger partial charge in [0, 0.05) is 33.5 Å². The van der Waals surface area contributed by atoms with E-state index in [2.05, 4.69) is 301 Å². The van der Waals surface area contributed by atoms with Crippen molar-refractivity contribution in [1.29, 1.82) is 0 Å². The Kier molecular flexibility index (Phi) is 10.9. The number of fused-ring (bicyclic) bond motifs is 4. The highest BCUT2D eigenvalue weighted by Gasteiger charge is 2.18. The number of hydrogen-bond acceptors (Lipinski definition) is 1. The van der Waals surface area contributed by atoms with Crippen LogP contribution in [0.2, 0.25) is 0 Å². The van der Waals surface area contributed by atoms with Crippen LogP contribution in [0.3, 0.4) is 0 Å². The third kappa shape index (κ3) is 8.01. The molecule has 2 nitrogen and oxygen atoms in total. The fraction of sp³-hybridized carbons (Fsp3) is 0. The van der Waals surface area contributed by atoms with Crippen molar-refractivity contribution >= 4 is 49.6 Å². The third-order valence-corrected chi connectivity index (χ3v) is 14.2. The van der Waals surface area contributed by atoms with Gasteiger partial charge in [-0.25, -0.2) is 0 Å². The van der Waals surface area contributed by atoms with Gasteiger partial charge in [0.25, 0.3) is 0 Å². The summed E-state index contributed by atoms with van der Waals surface area (Å²) in [5.41, 5.74) is 21.0. The van der Waals surface area contributed by atoms with Crippen LogP contribution in [0.4, 0.5) is 17.1 Å². The molecule has 0 saturated heterocycles. The zero-order valence-electron chi connectivity index (χ0n) is 39.6. The average molecular weight is 917 g/mol. The van der Waals surface area contributed by atoms with E-state index in [1.807, 2.05) is 0 Å². The maximum Gasteiger partial charge on any atom is 0.0541 e. The summed E-state index contributed by atoms with van der Waals surface area (Å²) < 4.78 is 2.46. The molecule has 0 N–H and O–H groups in total. The minimum atomic E-state index is 1.09. The van der Waals surface area contributed by atoms with Gasteiger partial charge in [-0.2, -0.15) is 0 Å². The van der Waals surface area contributed by atoms with Crippen molar-refractivity contribution in [2.45, 2.75) is 0 Å². The van der Waals surface area contributed by atoms with Crippen molar-refractivity contribution in [3.8, 4) is 72.4 Å². The molecule has 0 aliphatic heterocycles. The highest BCUT2D eigenvalue weighted by molar-refractivity contribution is 6.11. The Morgan fingerprint density at radius 3 is 1.32 bits per heavy atom. The first-order valence-corrected chi connectivity index (χ1v) is 24.7. The van der Waals surface area contributed by atoms with Crippen molar-refractivity contribution in [3.63, 3.8) is 0 Å². The van der Waals surface area contributed by atoms with Gasteiger partial charge >= 0.3 is 0 Å². The molecule has 12 aromatic carbocycles. The van der Waals surface area contributed by atoms with E-state index >= 15 is 0 Å². The minimum Gasteiger partial charge on any atom is -0.310 e. The highest BCUT2D eigenvalue weighted by atomic mass is 15.1. The van der Waals surface area contributed by atoms with Crippen molar-refractivity contribution in [3.05, 3.63) is 291 Å². The van der Waals surface area contributed by atoms with Gasteiger partial charge in [-0.05, 0) is 150 Å². The second kappa shape index (κ2) is 18.4. The van der Waals surface area contributed by atoms with Crippen LogP contribution in [0.5, 0.6) is 0 Å². The summed E-state index contributed by atoms with van der Waals surface area (Å²) in [6.45, 7) is 0. The molecular formula is C70H48N2. The largest absolute Gasteiger partial charge is 0.310 e. The molecule has 1 heterocycles. The Bertz CT molecular complexity index is 4040. The molecule has 72 heavy (non-hydrogen) atoms. The zero-order chi connectivity index (χ0) is 47.8. The number of aromatic nitrogens is 1. The summed E-state index contributed by atoms with van der Waals surface area (Å²) in [5.74, 6) is 0. The van der Waals surface area contributed by atoms with Crippen LogP contribution in [-0.2, 0) is 0 Å². The fourth-order valence-electron chi connectivity index (χ4n) is 10.6. The Hall–Kier alpha value is -9.50. The van der Waals surface area contributed by atoms with E-state index in [0.29, 0.717) is 0 Å². The lowest BCUT2D eigenvalue weighted by Gasteiger charge is -2.26. The lowest BCUT2D eigenvalue weighted by molar-refractivity contribution is 1.18. The highest BCUT2D eigenvalue weighted by Crippen LogP contribution is 2.42. The van der Waals surface area contributed by atoms with Gasteiger partial charge < -0.3 is 9.47 Å². The summed E-state index contributed by atoms with van der Waals surface area (Å²) in [4.78, 5) is 2.35. The predicted octanol–water partition coefficient (Wildman–Crippen LogP) is 19.4. The monoisotopic (exact) mass is 916 g/mol. The SMILES string of the molecule is c1ccc(-c2ccc(-c3ccc(N(c4ccccc4)c4cccc(-c5ccc6c(c5)c5ccccc5n6-c5cc(-c6ccc(-c7ccccc7)cc6)cc(-c6cccc7ccccc67)c5)c4)cc3)cc2)cc1. The number of rotatable bonds is 10. The molecule has 0 aliphatic rings. The van der Waals surface area contributed by atoms with Crippen molar-refractivity contribution in [2.75, 3.05) is 4.90 Å². The lowest BCUT2D eigenvalue weighted by atomic mass is 9.93. The van der Waals surface area contributed by atoms with Crippen LogP contribution in [0.15, 0.2) is 291 Å². The van der Waals surface area contributed by atoms with Crippen LogP contribution in [0, 0.1) is 0 Å². The van der Waals surface area contributed by atoms with Crippen LogP contribution in [0.25, 0.3) is 105 Å². The summed E-state index contributed by atoms with van der Waals surface area (Å²) in [6, 6.07) is 106. The summed E-state index contributed by atoms with van der Waals surface area (Å²) in [5, 5.41) is 4.90. The van der Waals surface area contributed by atoms with Gasteiger partial charge in [-0.1, -0.05) is 218 Å². The Balaban J connectivity index is 0.895. The van der Waals surface area contributed by atoms with Crippen LogP contribution in [0.1, 0.15) is 0 Å². The number of anilines is 3. The summed E-state index contributed by atoms with van der Waals surface area (Å²) in [6.07, 6.45) is 0. The van der Waals surface area contributed by atoms with Crippen molar-refractivity contribution < 1.29 is 0 Å². The van der Waals surface area contributed by atoms with E-state index in [1.54, 1.807) is 0 Å². The van der Waals surface area contributed by atoms with Gasteiger partial charge in [-0.3, -0.25) is 0 Å². The molecule has 1 aromatic heterocycles. The molecule has 0 spiro atoms. The maximum atomic E-state index is 2.46. The quantitative estimate of drug-likeness (QED) is 0.133. The van der Waals surface area contributed by atoms with E-state index in [-0.39, 0.29) is 0 Å². The molecule has 338 valence electrons. The molecule has 0 aliphatic carbocycles. The standard InChI is InChI=1S/C70H48N2/c1-4-16-49(17-5-1)51-30-32-53(33-31-51)54-38-41-62(42-39-54)71(61-23-8-3-9-24-61)63-25-14-22-57(45-63)58-40-43-70-68(48-58)67-27-12-13-29-69(67)72(70)64-46-59(55-36-34-52(35-37-55)50-18-6-2-7-19-50)44-60(47-64)66-28-15-21-56-20-10-11-26-65(56)66/h1-48H. The van der Waals surface area contributed by atoms with Crippen LogP contribution in [-0.4, -0.2) is 4.57 Å². The zero-order valence-corrected chi connectivity index (χ0v) is 39.6. The van der Waals surface area contributed by atoms with Gasteiger partial charge in [0.15, 0.2) is 0 Å². The molecule has 0 bridgehead atoms. The van der Waals surface area contributed by atoms with Crippen LogP contribution >= 0.6 is 0 Å². The molecule has 2 heteroatoms. The first-order valence-electron chi connectivity index (χ1n) is 24.7. The molecular weight excluding hydrogens is 869 g/mol. The normalized spacial score (nSPS) is 11.3. The number of benzene rings is 12. The van der Waals surface area contributed by atoms with Crippen molar-refractivity contribution in [1.82, 2.24) is 4.57 Å². The molecule has 0 radical (unpaired) electrons. The summed E-state index contributed by atoms with van der Waals surface area (Å²) >= 11 is 0. The number of nitrogens with zero attached hydrogens (tertiary/aromatic N) is 2. The predicted molar refractivity (Wildman–Crippen MR) is 306 cm³/mol. The van der Waals surface area contributed by atoms with Gasteiger partial charge in [0.2, 0.25) is 0 Å². The summed E-state index contributed by atoms with van der Waals surface area (Å²) in [7, 11) is 0. The van der Waals surface area contributed by atoms with E-state index in [1.165, 1.54) is 88.3 Å². The Labute approximate surface area is 420 Å². The average Bonchev–Trinajstić information content (AvgIpc) is 3.80. The topological polar surface area (TPSA) is 8.17 Å². The first kappa shape index (κ1) is 42.6. The van der Waals surface area contributed by atoms with Gasteiger partial charge in [0.05, 0.1) is 11.0 Å². The third-order valence-electron chi connectivity index (χ3n) is 14.2. The van der Waals surface area contributed by atoms with Gasteiger partial charge in [-0.15, -0.1) is 0 Å².